The summed E-state index contributed by atoms with van der Waals surface area (Å²) >= 11 is 0. The van der Waals surface area contributed by atoms with Gasteiger partial charge >= 0.3 is 0 Å². The van der Waals surface area contributed by atoms with Gasteiger partial charge in [-0.2, -0.15) is 0 Å². The van der Waals surface area contributed by atoms with E-state index in [0.717, 1.165) is 29.7 Å². The second kappa shape index (κ2) is 9.30. The topological polar surface area (TPSA) is 98.2 Å². The predicted molar refractivity (Wildman–Crippen MR) is 124 cm³/mol. The van der Waals surface area contributed by atoms with Crippen molar-refractivity contribution in [3.05, 3.63) is 65.1 Å². The van der Waals surface area contributed by atoms with Crippen LogP contribution >= 0.6 is 0 Å². The van der Waals surface area contributed by atoms with Crippen LogP contribution in [0.15, 0.2) is 41.7 Å². The first-order chi connectivity index (χ1) is 15.5. The van der Waals surface area contributed by atoms with Crippen LogP contribution in [0.3, 0.4) is 0 Å². The van der Waals surface area contributed by atoms with E-state index in [0.29, 0.717) is 28.3 Å². The maximum Gasteiger partial charge on any atom is 0.272 e. The monoisotopic (exact) mass is 434 g/mol. The SMILES string of the molecule is CN=CC(=CN)c1cc(F)cc(CNC(=O)c2nccc3nc(C4CCCC4)n(C)c23)c1. The number of aromatic nitrogens is 3. The number of amides is 1. The van der Waals surface area contributed by atoms with Crippen molar-refractivity contribution in [2.24, 2.45) is 17.8 Å². The summed E-state index contributed by atoms with van der Waals surface area (Å²) in [5, 5.41) is 2.86. The third kappa shape index (κ3) is 4.26. The van der Waals surface area contributed by atoms with E-state index in [1.807, 2.05) is 17.7 Å². The highest BCUT2D eigenvalue weighted by Gasteiger charge is 2.25. The molecule has 0 saturated heterocycles. The fraction of sp³-hybridized carbons (Fsp3) is 0.333. The van der Waals surface area contributed by atoms with E-state index >= 15 is 0 Å². The van der Waals surface area contributed by atoms with Crippen LogP contribution in [0.1, 0.15) is 59.0 Å². The highest BCUT2D eigenvalue weighted by molar-refractivity contribution is 6.09. The molecule has 0 aliphatic heterocycles. The van der Waals surface area contributed by atoms with Crippen LogP contribution < -0.4 is 11.1 Å². The number of pyridine rings is 1. The number of aliphatic imine (C=N–C) groups is 1. The Labute approximate surface area is 186 Å². The Bertz CT molecular complexity index is 1210. The molecule has 1 saturated carbocycles. The minimum Gasteiger partial charge on any atom is -0.404 e. The highest BCUT2D eigenvalue weighted by atomic mass is 19.1. The lowest BCUT2D eigenvalue weighted by Crippen LogP contribution is -2.24. The minimum absolute atomic E-state index is 0.149. The molecule has 3 aromatic rings. The molecule has 2 heterocycles. The molecule has 1 aromatic carbocycles. The van der Waals surface area contributed by atoms with Crippen molar-refractivity contribution in [3.8, 4) is 0 Å². The number of carbonyl (C=O) groups is 1. The van der Waals surface area contributed by atoms with Gasteiger partial charge in [0.05, 0.1) is 11.0 Å². The van der Waals surface area contributed by atoms with Crippen molar-refractivity contribution in [3.63, 3.8) is 0 Å². The molecule has 3 N–H and O–H groups in total. The lowest BCUT2D eigenvalue weighted by Gasteiger charge is -2.11. The van der Waals surface area contributed by atoms with Gasteiger partial charge in [-0.3, -0.25) is 9.79 Å². The van der Waals surface area contributed by atoms with Crippen LogP contribution in [0.4, 0.5) is 4.39 Å². The molecule has 0 unspecified atom stereocenters. The fourth-order valence-electron chi connectivity index (χ4n) is 4.43. The smallest absolute Gasteiger partial charge is 0.272 e. The Kier molecular flexibility index (Phi) is 6.30. The van der Waals surface area contributed by atoms with Crippen LogP contribution in [0, 0.1) is 5.82 Å². The summed E-state index contributed by atoms with van der Waals surface area (Å²) < 4.78 is 16.2. The molecule has 0 radical (unpaired) electrons. The van der Waals surface area contributed by atoms with Gasteiger partial charge in [0.2, 0.25) is 0 Å². The van der Waals surface area contributed by atoms with Crippen molar-refractivity contribution in [1.82, 2.24) is 19.9 Å². The molecule has 7 nitrogen and oxygen atoms in total. The van der Waals surface area contributed by atoms with Crippen molar-refractivity contribution in [2.45, 2.75) is 38.1 Å². The van der Waals surface area contributed by atoms with E-state index in [-0.39, 0.29) is 12.5 Å². The lowest BCUT2D eigenvalue weighted by atomic mass is 10.0. The average molecular weight is 435 g/mol. The minimum atomic E-state index is -0.413. The standard InChI is InChI=1S/C24H27FN6O/c1-27-14-18(12-26)17-9-15(10-19(25)11-17)13-29-24(32)21-22-20(7-8-28-21)30-23(31(22)2)16-5-3-4-6-16/h7-12,14,16H,3-6,13,26H2,1-2H3,(H,29,32). The van der Waals surface area contributed by atoms with Gasteiger partial charge in [0.15, 0.2) is 5.69 Å². The largest absolute Gasteiger partial charge is 0.404 e. The molecular formula is C24H27FN6O. The van der Waals surface area contributed by atoms with Gasteiger partial charge in [-0.15, -0.1) is 0 Å². The van der Waals surface area contributed by atoms with Crippen LogP contribution in [-0.4, -0.2) is 33.7 Å². The van der Waals surface area contributed by atoms with Crippen LogP contribution in [-0.2, 0) is 13.6 Å². The number of benzene rings is 1. The van der Waals surface area contributed by atoms with Gasteiger partial charge in [0.25, 0.3) is 5.91 Å². The summed E-state index contributed by atoms with van der Waals surface area (Å²) in [6, 6.07) is 6.38. The highest BCUT2D eigenvalue weighted by Crippen LogP contribution is 2.35. The van der Waals surface area contributed by atoms with Crippen molar-refractivity contribution in [1.29, 1.82) is 0 Å². The third-order valence-electron chi connectivity index (χ3n) is 5.94. The number of allylic oxidation sites excluding steroid dienone is 1. The van der Waals surface area contributed by atoms with Crippen molar-refractivity contribution in [2.75, 3.05) is 7.05 Å². The Hall–Kier alpha value is -3.55. The number of nitrogens with two attached hydrogens (primary N) is 1. The van der Waals surface area contributed by atoms with Crippen molar-refractivity contribution >= 4 is 28.7 Å². The summed E-state index contributed by atoms with van der Waals surface area (Å²) in [4.78, 5) is 26.1. The molecule has 4 rings (SSSR count). The zero-order chi connectivity index (χ0) is 22.7. The van der Waals surface area contributed by atoms with Crippen LogP contribution in [0.25, 0.3) is 16.6 Å². The third-order valence-corrected chi connectivity index (χ3v) is 5.94. The van der Waals surface area contributed by atoms with Crippen LogP contribution in [0.2, 0.25) is 0 Å². The first-order valence-corrected chi connectivity index (χ1v) is 10.7. The summed E-state index contributed by atoms with van der Waals surface area (Å²) in [5.74, 6) is 0.689. The van der Waals surface area contributed by atoms with Gasteiger partial charge in [0.1, 0.15) is 11.6 Å². The normalized spacial score (nSPS) is 15.2. The number of aryl methyl sites for hydroxylation is 1. The number of halogens is 1. The molecule has 32 heavy (non-hydrogen) atoms. The van der Waals surface area contributed by atoms with E-state index in [9.17, 15) is 9.18 Å². The Morgan fingerprint density at radius 2 is 2.12 bits per heavy atom. The maximum absolute atomic E-state index is 14.2. The molecule has 1 fully saturated rings. The predicted octanol–water partition coefficient (Wildman–Crippen LogP) is 3.70. The number of fused-ring (bicyclic) bond motifs is 1. The van der Waals surface area contributed by atoms with Crippen LogP contribution in [0.5, 0.6) is 0 Å². The fourth-order valence-corrected chi connectivity index (χ4v) is 4.43. The van der Waals surface area contributed by atoms with E-state index < -0.39 is 5.82 Å². The Morgan fingerprint density at radius 1 is 1.34 bits per heavy atom. The molecule has 166 valence electrons. The summed E-state index contributed by atoms with van der Waals surface area (Å²) in [7, 11) is 3.56. The lowest BCUT2D eigenvalue weighted by molar-refractivity contribution is 0.0947. The summed E-state index contributed by atoms with van der Waals surface area (Å²) in [6.45, 7) is 0.149. The molecule has 0 spiro atoms. The Morgan fingerprint density at radius 3 is 2.84 bits per heavy atom. The average Bonchev–Trinajstić information content (AvgIpc) is 3.43. The zero-order valence-corrected chi connectivity index (χ0v) is 18.3. The maximum atomic E-state index is 14.2. The molecular weight excluding hydrogens is 407 g/mol. The van der Waals surface area contributed by atoms with Gasteiger partial charge in [-0.25, -0.2) is 14.4 Å². The zero-order valence-electron chi connectivity index (χ0n) is 18.3. The number of nitrogens with one attached hydrogen (secondary N) is 1. The molecule has 1 aliphatic rings. The second-order valence-electron chi connectivity index (χ2n) is 8.08. The number of imidazole rings is 1. The van der Waals surface area contributed by atoms with Crippen molar-refractivity contribution < 1.29 is 9.18 Å². The Balaban J connectivity index is 1.58. The van der Waals surface area contributed by atoms with Gasteiger partial charge < -0.3 is 15.6 Å². The summed E-state index contributed by atoms with van der Waals surface area (Å²) in [5.41, 5.74) is 9.25. The molecule has 1 amide bonds. The van der Waals surface area contributed by atoms with E-state index in [2.05, 4.69) is 15.3 Å². The van der Waals surface area contributed by atoms with Gasteiger partial charge in [-0.05, 0) is 48.2 Å². The molecule has 1 aliphatic carbocycles. The molecule has 0 atom stereocenters. The second-order valence-corrected chi connectivity index (χ2v) is 8.08. The van der Waals surface area contributed by atoms with E-state index in [1.54, 1.807) is 25.5 Å². The molecule has 8 heteroatoms. The quantitative estimate of drug-likeness (QED) is 0.578. The summed E-state index contributed by atoms with van der Waals surface area (Å²) in [6.07, 6.45) is 9.20. The molecule has 0 bridgehead atoms. The number of nitrogens with zero attached hydrogens (tertiary/aromatic N) is 4. The van der Waals surface area contributed by atoms with Gasteiger partial charge in [-0.1, -0.05) is 12.8 Å². The van der Waals surface area contributed by atoms with Gasteiger partial charge in [0, 0.05) is 50.7 Å². The number of hydrogen-bond acceptors (Lipinski definition) is 5. The number of hydrogen-bond donors (Lipinski definition) is 2. The first kappa shape index (κ1) is 21.7. The first-order valence-electron chi connectivity index (χ1n) is 10.7. The molecule has 2 aromatic heterocycles. The number of rotatable bonds is 6. The van der Waals surface area contributed by atoms with E-state index in [4.69, 9.17) is 10.7 Å². The van der Waals surface area contributed by atoms with E-state index in [1.165, 1.54) is 31.2 Å². The number of carbonyl (C=O) groups excluding carboxylic acids is 1.